The molecule has 0 aromatic rings. The van der Waals surface area contributed by atoms with Gasteiger partial charge in [0.05, 0.1) is 14.2 Å². The average Bonchev–Trinajstić information content (AvgIpc) is 2.17. The van der Waals surface area contributed by atoms with Crippen LogP contribution in [-0.4, -0.2) is 50.6 Å². The summed E-state index contributed by atoms with van der Waals surface area (Å²) < 4.78 is 13.1. The molecule has 0 aliphatic heterocycles. The molecular formula is C7H12O6. The molecule has 0 rings (SSSR count). The quantitative estimate of drug-likeness (QED) is 0.558. The lowest BCUT2D eigenvalue weighted by atomic mass is 10.2. The van der Waals surface area contributed by atoms with Gasteiger partial charge in [-0.15, -0.1) is 0 Å². The van der Waals surface area contributed by atoms with Crippen molar-refractivity contribution >= 4 is 11.9 Å². The summed E-state index contributed by atoms with van der Waals surface area (Å²) in [6.45, 7) is 0. The van der Waals surface area contributed by atoms with Crippen molar-refractivity contribution in [3.63, 3.8) is 0 Å². The van der Waals surface area contributed by atoms with Crippen LogP contribution >= 0.6 is 0 Å². The SMILES string of the molecule is COC(=O)[C@H](O)[C@@H](OC)C(=O)OC. The normalized spacial score (nSPS) is 14.5. The van der Waals surface area contributed by atoms with Gasteiger partial charge in [0.2, 0.25) is 0 Å². The molecule has 0 heterocycles. The molecule has 0 aromatic carbocycles. The van der Waals surface area contributed by atoms with E-state index in [1.807, 2.05) is 0 Å². The Hall–Kier alpha value is -1.14. The molecule has 0 saturated carbocycles. The van der Waals surface area contributed by atoms with Crippen LogP contribution < -0.4 is 0 Å². The number of carbonyl (C=O) groups is 2. The van der Waals surface area contributed by atoms with Crippen molar-refractivity contribution in [3.05, 3.63) is 0 Å². The van der Waals surface area contributed by atoms with Crippen molar-refractivity contribution < 1.29 is 28.9 Å². The molecule has 0 radical (unpaired) electrons. The molecule has 6 nitrogen and oxygen atoms in total. The predicted molar refractivity (Wildman–Crippen MR) is 40.8 cm³/mol. The summed E-state index contributed by atoms with van der Waals surface area (Å²) in [4.78, 5) is 21.7. The number of methoxy groups -OCH3 is 3. The number of esters is 2. The fraction of sp³-hybridized carbons (Fsp3) is 0.714. The Morgan fingerprint density at radius 2 is 1.54 bits per heavy atom. The van der Waals surface area contributed by atoms with Gasteiger partial charge in [-0.2, -0.15) is 0 Å². The molecule has 0 aliphatic rings. The zero-order valence-electron chi connectivity index (χ0n) is 7.64. The monoisotopic (exact) mass is 192 g/mol. The molecule has 6 heteroatoms. The van der Waals surface area contributed by atoms with Crippen LogP contribution in [0.1, 0.15) is 0 Å². The largest absolute Gasteiger partial charge is 0.467 e. The molecule has 2 atom stereocenters. The Balaban J connectivity index is 4.39. The molecule has 0 unspecified atom stereocenters. The van der Waals surface area contributed by atoms with E-state index in [4.69, 9.17) is 0 Å². The first-order valence-electron chi connectivity index (χ1n) is 3.45. The number of aliphatic hydroxyl groups is 1. The lowest BCUT2D eigenvalue weighted by Gasteiger charge is -2.16. The molecule has 13 heavy (non-hydrogen) atoms. The first-order chi connectivity index (χ1) is 6.08. The van der Waals surface area contributed by atoms with E-state index >= 15 is 0 Å². The third-order valence-corrected chi connectivity index (χ3v) is 1.42. The van der Waals surface area contributed by atoms with Gasteiger partial charge in [-0.25, -0.2) is 9.59 Å². The third kappa shape index (κ3) is 3.00. The van der Waals surface area contributed by atoms with E-state index in [9.17, 15) is 14.7 Å². The highest BCUT2D eigenvalue weighted by molar-refractivity contribution is 5.85. The Kier molecular flexibility index (Phi) is 5.01. The molecule has 1 N–H and O–H groups in total. The number of carbonyl (C=O) groups excluding carboxylic acids is 2. The lowest BCUT2D eigenvalue weighted by Crippen LogP contribution is -2.42. The average molecular weight is 192 g/mol. The van der Waals surface area contributed by atoms with E-state index in [1.54, 1.807) is 0 Å². The van der Waals surface area contributed by atoms with E-state index in [1.165, 1.54) is 7.11 Å². The predicted octanol–water partition coefficient (Wildman–Crippen LogP) is -1.29. The van der Waals surface area contributed by atoms with E-state index in [2.05, 4.69) is 14.2 Å². The topological polar surface area (TPSA) is 82.1 Å². The second-order valence-electron chi connectivity index (χ2n) is 2.15. The Bertz CT molecular complexity index is 189. The number of ether oxygens (including phenoxy) is 3. The van der Waals surface area contributed by atoms with Crippen LogP contribution in [0.5, 0.6) is 0 Å². The van der Waals surface area contributed by atoms with Crippen LogP contribution in [-0.2, 0) is 23.8 Å². The van der Waals surface area contributed by atoms with Crippen molar-refractivity contribution in [3.8, 4) is 0 Å². The second kappa shape index (κ2) is 5.50. The van der Waals surface area contributed by atoms with E-state index < -0.39 is 24.1 Å². The summed E-state index contributed by atoms with van der Waals surface area (Å²) >= 11 is 0. The van der Waals surface area contributed by atoms with Gasteiger partial charge in [0, 0.05) is 7.11 Å². The van der Waals surface area contributed by atoms with Gasteiger partial charge >= 0.3 is 11.9 Å². The summed E-state index contributed by atoms with van der Waals surface area (Å²) in [7, 11) is 3.39. The van der Waals surface area contributed by atoms with Gasteiger partial charge in [-0.3, -0.25) is 0 Å². The maximum atomic E-state index is 10.9. The maximum Gasteiger partial charge on any atom is 0.338 e. The summed E-state index contributed by atoms with van der Waals surface area (Å²) in [6.07, 6.45) is -3.01. The zero-order chi connectivity index (χ0) is 10.4. The summed E-state index contributed by atoms with van der Waals surface area (Å²) in [5.74, 6) is -1.78. The van der Waals surface area contributed by atoms with E-state index in [-0.39, 0.29) is 0 Å². The molecule has 0 saturated heterocycles. The molecule has 0 bridgehead atoms. The standard InChI is InChI=1S/C7H12O6/c1-11-5(7(10)13-3)4(8)6(9)12-2/h4-5,8H,1-3H3/t4-,5-/m1/s1. The Morgan fingerprint density at radius 3 is 1.85 bits per heavy atom. The highest BCUT2D eigenvalue weighted by Crippen LogP contribution is 2.02. The molecule has 76 valence electrons. The van der Waals surface area contributed by atoms with Crippen LogP contribution in [0, 0.1) is 0 Å². The van der Waals surface area contributed by atoms with E-state index in [0.29, 0.717) is 0 Å². The number of aliphatic hydroxyl groups excluding tert-OH is 1. The van der Waals surface area contributed by atoms with Gasteiger partial charge in [0.15, 0.2) is 12.2 Å². The van der Waals surface area contributed by atoms with Gasteiger partial charge in [0.25, 0.3) is 0 Å². The summed E-state index contributed by atoms with van der Waals surface area (Å²) in [6, 6.07) is 0. The smallest absolute Gasteiger partial charge is 0.338 e. The highest BCUT2D eigenvalue weighted by Gasteiger charge is 2.33. The summed E-state index contributed by atoms with van der Waals surface area (Å²) in [5.41, 5.74) is 0. The van der Waals surface area contributed by atoms with Gasteiger partial charge < -0.3 is 19.3 Å². The van der Waals surface area contributed by atoms with Gasteiger partial charge in [-0.1, -0.05) is 0 Å². The van der Waals surface area contributed by atoms with Crippen LogP contribution in [0.2, 0.25) is 0 Å². The minimum Gasteiger partial charge on any atom is -0.467 e. The van der Waals surface area contributed by atoms with Crippen LogP contribution in [0.25, 0.3) is 0 Å². The fourth-order valence-electron chi connectivity index (χ4n) is 0.715. The van der Waals surface area contributed by atoms with Crippen LogP contribution in [0.15, 0.2) is 0 Å². The maximum absolute atomic E-state index is 10.9. The second-order valence-corrected chi connectivity index (χ2v) is 2.15. The van der Waals surface area contributed by atoms with Crippen molar-refractivity contribution in [1.29, 1.82) is 0 Å². The first-order valence-corrected chi connectivity index (χ1v) is 3.45. The Morgan fingerprint density at radius 1 is 1.08 bits per heavy atom. The number of hydrogen-bond acceptors (Lipinski definition) is 6. The molecule has 0 fully saturated rings. The van der Waals surface area contributed by atoms with Gasteiger partial charge in [0.1, 0.15) is 0 Å². The highest BCUT2D eigenvalue weighted by atomic mass is 16.6. The minimum atomic E-state index is -1.66. The first kappa shape index (κ1) is 11.9. The number of hydrogen-bond donors (Lipinski definition) is 1. The van der Waals surface area contributed by atoms with Crippen LogP contribution in [0.4, 0.5) is 0 Å². The molecule has 0 aliphatic carbocycles. The Labute approximate surface area is 75.4 Å². The molecular weight excluding hydrogens is 180 g/mol. The van der Waals surface area contributed by atoms with Crippen molar-refractivity contribution in [2.45, 2.75) is 12.2 Å². The molecule has 0 spiro atoms. The van der Waals surface area contributed by atoms with Crippen molar-refractivity contribution in [2.75, 3.05) is 21.3 Å². The van der Waals surface area contributed by atoms with Gasteiger partial charge in [-0.05, 0) is 0 Å². The van der Waals surface area contributed by atoms with Crippen molar-refractivity contribution in [2.24, 2.45) is 0 Å². The molecule has 0 aromatic heterocycles. The third-order valence-electron chi connectivity index (χ3n) is 1.42. The zero-order valence-corrected chi connectivity index (χ0v) is 7.64. The molecule has 0 amide bonds. The van der Waals surface area contributed by atoms with Crippen molar-refractivity contribution in [1.82, 2.24) is 0 Å². The fourth-order valence-corrected chi connectivity index (χ4v) is 0.715. The van der Waals surface area contributed by atoms with E-state index in [0.717, 1.165) is 14.2 Å². The van der Waals surface area contributed by atoms with Crippen LogP contribution in [0.3, 0.4) is 0 Å². The number of rotatable bonds is 4. The minimum absolute atomic E-state index is 0.833. The summed E-state index contributed by atoms with van der Waals surface area (Å²) in [5, 5.41) is 9.18. The lowest BCUT2D eigenvalue weighted by molar-refractivity contribution is -0.172.